The Kier molecular flexibility index (Phi) is 2.18. The number of amides is 1. The number of hydrogen-bond acceptors (Lipinski definition) is 3. The molecule has 0 aromatic heterocycles. The van der Waals surface area contributed by atoms with Crippen molar-refractivity contribution in [2.75, 3.05) is 6.54 Å². The number of carboxylic acids is 1. The maximum Gasteiger partial charge on any atom is 0.408 e. The molecule has 0 bridgehead atoms. The lowest BCUT2D eigenvalue weighted by Crippen LogP contribution is -2.45. The number of hydrogen-bond donors (Lipinski definition) is 3. The molecule has 1 saturated heterocycles. The van der Waals surface area contributed by atoms with Gasteiger partial charge in [-0.2, -0.15) is 0 Å². The SMILES string of the molecule is NC1C(C(=O)O)CCN1C(=O)O. The number of rotatable bonds is 1. The molecule has 0 aliphatic carbocycles. The van der Waals surface area contributed by atoms with E-state index in [0.717, 1.165) is 4.90 Å². The monoisotopic (exact) mass is 174 g/mol. The van der Waals surface area contributed by atoms with Crippen LogP contribution in [0.5, 0.6) is 0 Å². The first kappa shape index (κ1) is 8.79. The Bertz CT molecular complexity index is 196. The van der Waals surface area contributed by atoms with Crippen molar-refractivity contribution in [2.45, 2.75) is 12.6 Å². The average molecular weight is 174 g/mol. The molecule has 0 saturated carbocycles. The molecular weight excluding hydrogens is 164 g/mol. The summed E-state index contributed by atoms with van der Waals surface area (Å²) in [4.78, 5) is 21.9. The van der Waals surface area contributed by atoms with Crippen LogP contribution < -0.4 is 5.73 Å². The third kappa shape index (κ3) is 1.33. The van der Waals surface area contributed by atoms with Gasteiger partial charge in [0.1, 0.15) is 0 Å². The van der Waals surface area contributed by atoms with Crippen molar-refractivity contribution in [2.24, 2.45) is 11.7 Å². The van der Waals surface area contributed by atoms with Crippen molar-refractivity contribution < 1.29 is 19.8 Å². The molecule has 2 unspecified atom stereocenters. The highest BCUT2D eigenvalue weighted by atomic mass is 16.4. The van der Waals surface area contributed by atoms with Gasteiger partial charge in [0.05, 0.1) is 12.1 Å². The fraction of sp³-hybridized carbons (Fsp3) is 0.667. The van der Waals surface area contributed by atoms with E-state index in [1.165, 1.54) is 0 Å². The second-order valence-electron chi connectivity index (χ2n) is 2.70. The quantitative estimate of drug-likeness (QED) is 0.490. The predicted octanol–water partition coefficient (Wildman–Crippen LogP) is -0.644. The van der Waals surface area contributed by atoms with Gasteiger partial charge in [0, 0.05) is 6.54 Å². The third-order valence-corrected chi connectivity index (χ3v) is 2.02. The highest BCUT2D eigenvalue weighted by Crippen LogP contribution is 2.20. The van der Waals surface area contributed by atoms with E-state index < -0.39 is 24.1 Å². The summed E-state index contributed by atoms with van der Waals surface area (Å²) in [6.07, 6.45) is -1.77. The van der Waals surface area contributed by atoms with Gasteiger partial charge in [-0.05, 0) is 6.42 Å². The van der Waals surface area contributed by atoms with E-state index >= 15 is 0 Å². The van der Waals surface area contributed by atoms with Gasteiger partial charge in [0.25, 0.3) is 0 Å². The Labute approximate surface area is 68.6 Å². The summed E-state index contributed by atoms with van der Waals surface area (Å²) < 4.78 is 0. The van der Waals surface area contributed by atoms with Crippen LogP contribution in [-0.2, 0) is 4.79 Å². The summed E-state index contributed by atoms with van der Waals surface area (Å²) in [6.45, 7) is 0.202. The van der Waals surface area contributed by atoms with E-state index in [4.69, 9.17) is 15.9 Å². The van der Waals surface area contributed by atoms with Crippen LogP contribution in [0.2, 0.25) is 0 Å². The first-order chi connectivity index (χ1) is 5.54. The fourth-order valence-electron chi connectivity index (χ4n) is 1.31. The minimum Gasteiger partial charge on any atom is -0.481 e. The Balaban J connectivity index is 2.67. The summed E-state index contributed by atoms with van der Waals surface area (Å²) in [7, 11) is 0. The Morgan fingerprint density at radius 1 is 1.42 bits per heavy atom. The van der Waals surface area contributed by atoms with Gasteiger partial charge in [-0.15, -0.1) is 0 Å². The van der Waals surface area contributed by atoms with Crippen molar-refractivity contribution >= 4 is 12.1 Å². The first-order valence-electron chi connectivity index (χ1n) is 3.52. The molecule has 0 radical (unpaired) electrons. The standard InChI is InChI=1S/C6H10N2O4/c7-4-3(5(9)10)1-2-8(4)6(11)12/h3-4H,1-2,7H2,(H,9,10)(H,11,12). The molecule has 4 N–H and O–H groups in total. The summed E-state index contributed by atoms with van der Waals surface area (Å²) >= 11 is 0. The summed E-state index contributed by atoms with van der Waals surface area (Å²) in [5.41, 5.74) is 5.39. The van der Waals surface area contributed by atoms with Gasteiger partial charge in [0.2, 0.25) is 0 Å². The molecule has 6 nitrogen and oxygen atoms in total. The molecule has 0 spiro atoms. The normalized spacial score (nSPS) is 28.9. The van der Waals surface area contributed by atoms with E-state index in [9.17, 15) is 9.59 Å². The molecule has 0 aromatic rings. The van der Waals surface area contributed by atoms with Crippen LogP contribution in [0.3, 0.4) is 0 Å². The molecule has 1 heterocycles. The van der Waals surface area contributed by atoms with Crippen molar-refractivity contribution in [1.82, 2.24) is 4.90 Å². The van der Waals surface area contributed by atoms with Crippen LogP contribution >= 0.6 is 0 Å². The summed E-state index contributed by atoms with van der Waals surface area (Å²) in [6, 6.07) is 0. The van der Waals surface area contributed by atoms with Crippen molar-refractivity contribution in [3.8, 4) is 0 Å². The molecule has 68 valence electrons. The second-order valence-corrected chi connectivity index (χ2v) is 2.70. The molecule has 1 amide bonds. The first-order valence-corrected chi connectivity index (χ1v) is 3.52. The lowest BCUT2D eigenvalue weighted by Gasteiger charge is -2.19. The zero-order valence-corrected chi connectivity index (χ0v) is 6.30. The topological polar surface area (TPSA) is 104 Å². The minimum absolute atomic E-state index is 0.202. The van der Waals surface area contributed by atoms with Crippen LogP contribution in [-0.4, -0.2) is 39.9 Å². The van der Waals surface area contributed by atoms with Crippen LogP contribution in [0.25, 0.3) is 0 Å². The fourth-order valence-corrected chi connectivity index (χ4v) is 1.31. The maximum atomic E-state index is 10.5. The molecule has 0 aromatic carbocycles. The van der Waals surface area contributed by atoms with Crippen LogP contribution in [0, 0.1) is 5.92 Å². The van der Waals surface area contributed by atoms with Crippen LogP contribution in [0.15, 0.2) is 0 Å². The third-order valence-electron chi connectivity index (χ3n) is 2.02. The number of carbonyl (C=O) groups is 2. The highest BCUT2D eigenvalue weighted by molar-refractivity contribution is 5.74. The second kappa shape index (κ2) is 2.98. The lowest BCUT2D eigenvalue weighted by molar-refractivity contribution is -0.142. The number of aliphatic carboxylic acids is 1. The van der Waals surface area contributed by atoms with Gasteiger partial charge < -0.3 is 15.9 Å². The maximum absolute atomic E-state index is 10.5. The van der Waals surface area contributed by atoms with Gasteiger partial charge in [-0.1, -0.05) is 0 Å². The van der Waals surface area contributed by atoms with Crippen molar-refractivity contribution in [3.63, 3.8) is 0 Å². The van der Waals surface area contributed by atoms with E-state index in [0.29, 0.717) is 6.42 Å². The highest BCUT2D eigenvalue weighted by Gasteiger charge is 2.38. The molecule has 1 aliphatic rings. The smallest absolute Gasteiger partial charge is 0.408 e. The van der Waals surface area contributed by atoms with Crippen LogP contribution in [0.1, 0.15) is 6.42 Å². The molecule has 6 heteroatoms. The van der Waals surface area contributed by atoms with Gasteiger partial charge in [-0.3, -0.25) is 9.69 Å². The zero-order valence-electron chi connectivity index (χ0n) is 6.30. The summed E-state index contributed by atoms with van der Waals surface area (Å²) in [5, 5.41) is 17.1. The van der Waals surface area contributed by atoms with Crippen LogP contribution in [0.4, 0.5) is 4.79 Å². The number of likely N-dealkylation sites (tertiary alicyclic amines) is 1. The average Bonchev–Trinajstić information content (AvgIpc) is 2.30. The van der Waals surface area contributed by atoms with E-state index in [1.54, 1.807) is 0 Å². The summed E-state index contributed by atoms with van der Waals surface area (Å²) in [5.74, 6) is -1.80. The molecule has 1 rings (SSSR count). The minimum atomic E-state index is -1.16. The zero-order chi connectivity index (χ0) is 9.30. The predicted molar refractivity (Wildman–Crippen MR) is 38.4 cm³/mol. The largest absolute Gasteiger partial charge is 0.481 e. The van der Waals surface area contributed by atoms with Gasteiger partial charge in [-0.25, -0.2) is 4.79 Å². The lowest BCUT2D eigenvalue weighted by atomic mass is 10.1. The van der Waals surface area contributed by atoms with Crippen molar-refractivity contribution in [1.29, 1.82) is 0 Å². The van der Waals surface area contributed by atoms with E-state index in [-0.39, 0.29) is 6.54 Å². The Morgan fingerprint density at radius 2 is 2.00 bits per heavy atom. The number of carboxylic acid groups (broad SMARTS) is 2. The Morgan fingerprint density at radius 3 is 2.25 bits per heavy atom. The van der Waals surface area contributed by atoms with E-state index in [1.807, 2.05) is 0 Å². The number of nitrogens with two attached hydrogens (primary N) is 1. The van der Waals surface area contributed by atoms with Gasteiger partial charge >= 0.3 is 12.1 Å². The van der Waals surface area contributed by atoms with Gasteiger partial charge in [0.15, 0.2) is 0 Å². The Hall–Kier alpha value is -1.30. The molecule has 1 aliphatic heterocycles. The molecule has 1 fully saturated rings. The number of nitrogens with zero attached hydrogens (tertiary/aromatic N) is 1. The van der Waals surface area contributed by atoms with E-state index in [2.05, 4.69) is 0 Å². The molecule has 2 atom stereocenters. The molecule has 12 heavy (non-hydrogen) atoms. The molecular formula is C6H10N2O4. The van der Waals surface area contributed by atoms with Crippen molar-refractivity contribution in [3.05, 3.63) is 0 Å².